The molecule has 0 aliphatic rings. The summed E-state index contributed by atoms with van der Waals surface area (Å²) in [4.78, 5) is 13.8. The van der Waals surface area contributed by atoms with Crippen LogP contribution in [0.5, 0.6) is 5.75 Å². The number of aromatic hydroxyl groups is 1. The third-order valence-electron chi connectivity index (χ3n) is 2.39. The van der Waals surface area contributed by atoms with E-state index in [0.29, 0.717) is 19.7 Å². The highest BCUT2D eigenvalue weighted by Gasteiger charge is 2.18. The van der Waals surface area contributed by atoms with E-state index >= 15 is 0 Å². The third kappa shape index (κ3) is 3.85. The minimum atomic E-state index is -0.245. The summed E-state index contributed by atoms with van der Waals surface area (Å²) in [5, 5.41) is 9.72. The second kappa shape index (κ2) is 7.18. The molecule has 1 aromatic carbocycles. The summed E-state index contributed by atoms with van der Waals surface area (Å²) in [6, 6.07) is 4.76. The van der Waals surface area contributed by atoms with Crippen molar-refractivity contribution in [3.05, 3.63) is 40.9 Å². The molecule has 18 heavy (non-hydrogen) atoms. The molecule has 4 nitrogen and oxygen atoms in total. The Labute approximate surface area is 115 Å². The molecule has 0 aromatic heterocycles. The van der Waals surface area contributed by atoms with Crippen molar-refractivity contribution in [3.63, 3.8) is 0 Å². The van der Waals surface area contributed by atoms with Crippen molar-refractivity contribution in [2.75, 3.05) is 26.8 Å². The molecule has 0 bridgehead atoms. The first-order chi connectivity index (χ1) is 8.60. The zero-order chi connectivity index (χ0) is 13.5. The number of benzene rings is 1. The molecule has 1 aromatic rings. The lowest BCUT2D eigenvalue weighted by Gasteiger charge is -2.21. The summed E-state index contributed by atoms with van der Waals surface area (Å²) in [6.07, 6.45) is 1.64. The molecule has 0 saturated heterocycles. The Morgan fingerprint density at radius 2 is 2.33 bits per heavy atom. The first-order valence-electron chi connectivity index (χ1n) is 5.47. The number of ether oxygens (including phenoxy) is 1. The van der Waals surface area contributed by atoms with Crippen molar-refractivity contribution in [1.29, 1.82) is 0 Å². The highest BCUT2D eigenvalue weighted by atomic mass is 79.9. The van der Waals surface area contributed by atoms with E-state index < -0.39 is 0 Å². The van der Waals surface area contributed by atoms with E-state index in [9.17, 15) is 9.90 Å². The summed E-state index contributed by atoms with van der Waals surface area (Å²) < 4.78 is 5.70. The molecule has 1 rings (SSSR count). The molecule has 0 unspecified atom stereocenters. The Morgan fingerprint density at radius 3 is 2.94 bits per heavy atom. The molecule has 0 aliphatic heterocycles. The third-order valence-corrected chi connectivity index (χ3v) is 2.88. The lowest BCUT2D eigenvalue weighted by molar-refractivity contribution is 0.0715. The summed E-state index contributed by atoms with van der Waals surface area (Å²) in [7, 11) is 1.58. The maximum absolute atomic E-state index is 12.3. The number of halogens is 1. The van der Waals surface area contributed by atoms with Crippen LogP contribution in [-0.2, 0) is 4.74 Å². The zero-order valence-corrected chi connectivity index (χ0v) is 11.8. The Hall–Kier alpha value is -1.33. The second-order valence-electron chi connectivity index (χ2n) is 3.69. The monoisotopic (exact) mass is 313 g/mol. The van der Waals surface area contributed by atoms with Gasteiger partial charge in [0.15, 0.2) is 0 Å². The molecule has 0 atom stereocenters. The van der Waals surface area contributed by atoms with E-state index in [4.69, 9.17) is 4.74 Å². The van der Waals surface area contributed by atoms with Gasteiger partial charge in [0.05, 0.1) is 12.2 Å². The Bertz CT molecular complexity index is 434. The van der Waals surface area contributed by atoms with Gasteiger partial charge in [0, 0.05) is 24.7 Å². The van der Waals surface area contributed by atoms with Gasteiger partial charge in [-0.2, -0.15) is 0 Å². The van der Waals surface area contributed by atoms with Gasteiger partial charge in [-0.1, -0.05) is 22.0 Å². The normalized spacial score (nSPS) is 10.1. The summed E-state index contributed by atoms with van der Waals surface area (Å²) in [5.74, 6) is -0.277. The molecule has 0 aliphatic carbocycles. The molecule has 1 N–H and O–H groups in total. The highest BCUT2D eigenvalue weighted by molar-refractivity contribution is 9.10. The van der Waals surface area contributed by atoms with Crippen LogP contribution in [-0.4, -0.2) is 42.7 Å². The minimum absolute atomic E-state index is 0.0327. The van der Waals surface area contributed by atoms with E-state index in [0.717, 1.165) is 4.47 Å². The van der Waals surface area contributed by atoms with Gasteiger partial charge in [0.1, 0.15) is 5.75 Å². The summed E-state index contributed by atoms with van der Waals surface area (Å²) in [6.45, 7) is 4.92. The quantitative estimate of drug-likeness (QED) is 0.821. The van der Waals surface area contributed by atoms with Gasteiger partial charge in [0.2, 0.25) is 0 Å². The van der Waals surface area contributed by atoms with E-state index in [1.165, 1.54) is 6.07 Å². The van der Waals surface area contributed by atoms with E-state index in [1.807, 2.05) is 0 Å². The number of rotatable bonds is 6. The van der Waals surface area contributed by atoms with Gasteiger partial charge >= 0.3 is 0 Å². The van der Waals surface area contributed by atoms with E-state index in [-0.39, 0.29) is 17.2 Å². The van der Waals surface area contributed by atoms with Crippen molar-refractivity contribution in [2.24, 2.45) is 0 Å². The topological polar surface area (TPSA) is 49.8 Å². The maximum Gasteiger partial charge on any atom is 0.258 e. The predicted molar refractivity (Wildman–Crippen MR) is 73.8 cm³/mol. The second-order valence-corrected chi connectivity index (χ2v) is 4.61. The molecule has 98 valence electrons. The largest absolute Gasteiger partial charge is 0.507 e. The van der Waals surface area contributed by atoms with Crippen LogP contribution in [0.25, 0.3) is 0 Å². The van der Waals surface area contributed by atoms with Crippen LogP contribution >= 0.6 is 15.9 Å². The molecule has 0 heterocycles. The van der Waals surface area contributed by atoms with Crippen molar-refractivity contribution in [1.82, 2.24) is 4.90 Å². The van der Waals surface area contributed by atoms with Crippen LogP contribution in [0.2, 0.25) is 0 Å². The summed E-state index contributed by atoms with van der Waals surface area (Å²) >= 11 is 3.28. The predicted octanol–water partition coefficient (Wildman–Crippen LogP) is 2.43. The molecular formula is C13H16BrNO3. The van der Waals surface area contributed by atoms with Crippen LogP contribution in [0.3, 0.4) is 0 Å². The lowest BCUT2D eigenvalue weighted by Crippen LogP contribution is -2.34. The van der Waals surface area contributed by atoms with Gasteiger partial charge in [-0.25, -0.2) is 0 Å². The van der Waals surface area contributed by atoms with Gasteiger partial charge < -0.3 is 14.7 Å². The van der Waals surface area contributed by atoms with Crippen LogP contribution in [0, 0.1) is 0 Å². The Morgan fingerprint density at radius 1 is 1.61 bits per heavy atom. The van der Waals surface area contributed by atoms with Crippen LogP contribution in [0.1, 0.15) is 10.4 Å². The van der Waals surface area contributed by atoms with Crippen molar-refractivity contribution < 1.29 is 14.6 Å². The standard InChI is InChI=1S/C13H16BrNO3/c1-3-6-15(7-8-18-2)13(17)11-9-10(14)4-5-12(11)16/h3-5,9,16H,1,6-8H2,2H3. The average molecular weight is 314 g/mol. The molecule has 0 spiro atoms. The van der Waals surface area contributed by atoms with E-state index in [2.05, 4.69) is 22.5 Å². The number of phenolic OH excluding ortho intramolecular Hbond substituents is 1. The van der Waals surface area contributed by atoms with Crippen LogP contribution in [0.4, 0.5) is 0 Å². The molecule has 0 saturated carbocycles. The summed E-state index contributed by atoms with van der Waals surface area (Å²) in [5.41, 5.74) is 0.266. The number of methoxy groups -OCH3 is 1. The fourth-order valence-electron chi connectivity index (χ4n) is 1.48. The molecule has 0 fully saturated rings. The fourth-order valence-corrected chi connectivity index (χ4v) is 1.84. The number of nitrogens with zero attached hydrogens (tertiary/aromatic N) is 1. The minimum Gasteiger partial charge on any atom is -0.507 e. The van der Waals surface area contributed by atoms with Gasteiger partial charge in [-0.05, 0) is 18.2 Å². The van der Waals surface area contributed by atoms with Crippen LogP contribution < -0.4 is 0 Å². The number of carbonyl (C=O) groups excluding carboxylic acids is 1. The van der Waals surface area contributed by atoms with Crippen molar-refractivity contribution in [3.8, 4) is 5.75 Å². The Kier molecular flexibility index (Phi) is 5.88. The average Bonchev–Trinajstić information content (AvgIpc) is 2.36. The number of hydrogen-bond donors (Lipinski definition) is 1. The lowest BCUT2D eigenvalue weighted by atomic mass is 10.1. The molecule has 0 radical (unpaired) electrons. The molecule has 1 amide bonds. The number of hydrogen-bond acceptors (Lipinski definition) is 3. The Balaban J connectivity index is 2.93. The van der Waals surface area contributed by atoms with Crippen molar-refractivity contribution >= 4 is 21.8 Å². The van der Waals surface area contributed by atoms with Gasteiger partial charge in [-0.15, -0.1) is 6.58 Å². The number of carbonyl (C=O) groups is 1. The highest BCUT2D eigenvalue weighted by Crippen LogP contribution is 2.23. The van der Waals surface area contributed by atoms with E-state index in [1.54, 1.807) is 30.2 Å². The first kappa shape index (κ1) is 14.7. The number of phenols is 1. The van der Waals surface area contributed by atoms with Gasteiger partial charge in [0.25, 0.3) is 5.91 Å². The van der Waals surface area contributed by atoms with Crippen molar-refractivity contribution in [2.45, 2.75) is 0 Å². The maximum atomic E-state index is 12.3. The SMILES string of the molecule is C=CCN(CCOC)C(=O)c1cc(Br)ccc1O. The smallest absolute Gasteiger partial charge is 0.258 e. The number of amides is 1. The van der Waals surface area contributed by atoms with Gasteiger partial charge in [-0.3, -0.25) is 4.79 Å². The fraction of sp³-hybridized carbons (Fsp3) is 0.308. The van der Waals surface area contributed by atoms with Crippen LogP contribution in [0.15, 0.2) is 35.3 Å². The molecule has 5 heteroatoms. The first-order valence-corrected chi connectivity index (χ1v) is 6.27. The zero-order valence-electron chi connectivity index (χ0n) is 10.2. The molecular weight excluding hydrogens is 298 g/mol.